The van der Waals surface area contributed by atoms with Gasteiger partial charge in [-0.05, 0) is 44.0 Å². The molecule has 140 valence electrons. The van der Waals surface area contributed by atoms with Crippen molar-refractivity contribution in [2.45, 2.75) is 36.7 Å². The van der Waals surface area contributed by atoms with E-state index in [0.29, 0.717) is 16.0 Å². The van der Waals surface area contributed by atoms with Gasteiger partial charge in [0.2, 0.25) is 10.0 Å². The van der Waals surface area contributed by atoms with E-state index in [1.54, 1.807) is 29.7 Å². The van der Waals surface area contributed by atoms with Crippen LogP contribution in [0.25, 0.3) is 10.8 Å². The normalized spacial score (nSPS) is 15.8. The Morgan fingerprint density at radius 1 is 1.04 bits per heavy atom. The standard InChI is InChI=1S/C21H22N2O3S/c1-15(19-9-5-6-14-22-19)23(16-10-11-16)27(24,25)21-13-12-20(26-2)17-7-3-4-8-18(17)21/h3-9,12-16H,10-11H2,1-2H3. The monoisotopic (exact) mass is 382 g/mol. The van der Waals surface area contributed by atoms with Gasteiger partial charge in [-0.3, -0.25) is 4.98 Å². The Balaban J connectivity index is 1.86. The molecule has 0 bridgehead atoms. The molecule has 2 aromatic carbocycles. The van der Waals surface area contributed by atoms with Crippen molar-refractivity contribution in [2.24, 2.45) is 0 Å². The number of sulfonamides is 1. The number of nitrogens with zero attached hydrogens (tertiary/aromatic N) is 2. The van der Waals surface area contributed by atoms with Gasteiger partial charge in [0.25, 0.3) is 0 Å². The zero-order valence-electron chi connectivity index (χ0n) is 15.4. The maximum absolute atomic E-state index is 13.7. The number of fused-ring (bicyclic) bond motifs is 1. The summed E-state index contributed by atoms with van der Waals surface area (Å²) in [4.78, 5) is 4.69. The molecular formula is C21H22N2O3S. The number of benzene rings is 2. The van der Waals surface area contributed by atoms with Gasteiger partial charge in [0, 0.05) is 23.0 Å². The fourth-order valence-corrected chi connectivity index (χ4v) is 5.61. The second-order valence-corrected chi connectivity index (χ2v) is 8.62. The Labute approximate surface area is 159 Å². The number of hydrogen-bond donors (Lipinski definition) is 0. The summed E-state index contributed by atoms with van der Waals surface area (Å²) in [6, 6.07) is 16.1. The molecule has 1 saturated carbocycles. The van der Waals surface area contributed by atoms with Gasteiger partial charge in [-0.15, -0.1) is 0 Å². The van der Waals surface area contributed by atoms with E-state index in [4.69, 9.17) is 4.74 Å². The van der Waals surface area contributed by atoms with Crippen molar-refractivity contribution in [1.29, 1.82) is 0 Å². The molecule has 1 atom stereocenters. The van der Waals surface area contributed by atoms with Crippen LogP contribution in [0.2, 0.25) is 0 Å². The van der Waals surface area contributed by atoms with Crippen LogP contribution in [0.5, 0.6) is 5.75 Å². The van der Waals surface area contributed by atoms with Crippen LogP contribution in [-0.2, 0) is 10.0 Å². The fraction of sp³-hybridized carbons (Fsp3) is 0.286. The predicted molar refractivity (Wildman–Crippen MR) is 105 cm³/mol. The van der Waals surface area contributed by atoms with Crippen LogP contribution in [-0.4, -0.2) is 30.9 Å². The zero-order chi connectivity index (χ0) is 19.0. The molecule has 0 saturated heterocycles. The lowest BCUT2D eigenvalue weighted by Crippen LogP contribution is -2.36. The van der Waals surface area contributed by atoms with E-state index >= 15 is 0 Å². The van der Waals surface area contributed by atoms with Crippen LogP contribution in [0.3, 0.4) is 0 Å². The molecule has 6 heteroatoms. The van der Waals surface area contributed by atoms with Crippen molar-refractivity contribution >= 4 is 20.8 Å². The van der Waals surface area contributed by atoms with E-state index in [1.807, 2.05) is 49.4 Å². The average Bonchev–Trinajstić information content (AvgIpc) is 3.52. The van der Waals surface area contributed by atoms with Gasteiger partial charge in [0.15, 0.2) is 0 Å². The highest BCUT2D eigenvalue weighted by Gasteiger charge is 2.42. The number of aromatic nitrogens is 1. The van der Waals surface area contributed by atoms with Crippen LogP contribution in [0.4, 0.5) is 0 Å². The molecule has 1 aliphatic rings. The summed E-state index contributed by atoms with van der Waals surface area (Å²) in [7, 11) is -2.11. The van der Waals surface area contributed by atoms with Crippen molar-refractivity contribution < 1.29 is 13.2 Å². The molecule has 0 radical (unpaired) electrons. The second-order valence-electron chi connectivity index (χ2n) is 6.81. The van der Waals surface area contributed by atoms with E-state index < -0.39 is 10.0 Å². The maximum Gasteiger partial charge on any atom is 0.244 e. The minimum absolute atomic E-state index is 0.0212. The molecule has 0 N–H and O–H groups in total. The van der Waals surface area contributed by atoms with Gasteiger partial charge in [0.1, 0.15) is 5.75 Å². The van der Waals surface area contributed by atoms with E-state index in [-0.39, 0.29) is 12.1 Å². The highest BCUT2D eigenvalue weighted by molar-refractivity contribution is 7.89. The first-order chi connectivity index (χ1) is 13.0. The van der Waals surface area contributed by atoms with Crippen LogP contribution in [0.1, 0.15) is 31.5 Å². The Bertz CT molecular complexity index is 1060. The summed E-state index contributed by atoms with van der Waals surface area (Å²) >= 11 is 0. The lowest BCUT2D eigenvalue weighted by Gasteiger charge is -2.28. The first-order valence-electron chi connectivity index (χ1n) is 9.04. The summed E-state index contributed by atoms with van der Waals surface area (Å²) < 4.78 is 34.4. The third-order valence-corrected chi connectivity index (χ3v) is 7.10. The number of hydrogen-bond acceptors (Lipinski definition) is 4. The highest BCUT2D eigenvalue weighted by atomic mass is 32.2. The van der Waals surface area contributed by atoms with Crippen molar-refractivity contribution in [3.05, 3.63) is 66.5 Å². The summed E-state index contributed by atoms with van der Waals surface area (Å²) in [5.74, 6) is 0.667. The van der Waals surface area contributed by atoms with Crippen LogP contribution in [0, 0.1) is 0 Å². The fourth-order valence-electron chi connectivity index (χ4n) is 3.56. The minimum atomic E-state index is -3.70. The Kier molecular flexibility index (Phi) is 4.61. The van der Waals surface area contributed by atoms with Crippen molar-refractivity contribution in [3.8, 4) is 5.75 Å². The lowest BCUT2D eigenvalue weighted by atomic mass is 10.1. The number of rotatable bonds is 6. The summed E-state index contributed by atoms with van der Waals surface area (Å²) in [5.41, 5.74) is 0.755. The Morgan fingerprint density at radius 2 is 1.74 bits per heavy atom. The van der Waals surface area contributed by atoms with Crippen LogP contribution in [0.15, 0.2) is 65.7 Å². The van der Waals surface area contributed by atoms with Gasteiger partial charge in [0.05, 0.1) is 23.7 Å². The maximum atomic E-state index is 13.7. The highest BCUT2D eigenvalue weighted by Crippen LogP contribution is 2.41. The largest absolute Gasteiger partial charge is 0.496 e. The third kappa shape index (κ3) is 3.19. The Morgan fingerprint density at radius 3 is 2.37 bits per heavy atom. The predicted octanol–water partition coefficient (Wildman–Crippen LogP) is 4.16. The average molecular weight is 382 g/mol. The van der Waals surface area contributed by atoms with E-state index in [9.17, 15) is 8.42 Å². The summed E-state index contributed by atoms with van der Waals surface area (Å²) in [5, 5.41) is 1.47. The molecule has 1 aliphatic carbocycles. The number of methoxy groups -OCH3 is 1. The van der Waals surface area contributed by atoms with Gasteiger partial charge in [-0.1, -0.05) is 30.3 Å². The van der Waals surface area contributed by atoms with Crippen molar-refractivity contribution in [3.63, 3.8) is 0 Å². The quantitative estimate of drug-likeness (QED) is 0.642. The lowest BCUT2D eigenvalue weighted by molar-refractivity contribution is 0.329. The molecule has 0 spiro atoms. The third-order valence-electron chi connectivity index (χ3n) is 5.02. The molecule has 1 heterocycles. The first kappa shape index (κ1) is 17.9. The number of pyridine rings is 1. The van der Waals surface area contributed by atoms with Crippen molar-refractivity contribution in [2.75, 3.05) is 7.11 Å². The second kappa shape index (κ2) is 6.94. The summed E-state index contributed by atoms with van der Waals surface area (Å²) in [6.45, 7) is 1.91. The molecule has 27 heavy (non-hydrogen) atoms. The smallest absolute Gasteiger partial charge is 0.244 e. The SMILES string of the molecule is COc1ccc(S(=O)(=O)N(C2CC2)C(C)c2ccccn2)c2ccccc12. The molecule has 0 aliphatic heterocycles. The molecule has 4 rings (SSSR count). The zero-order valence-corrected chi connectivity index (χ0v) is 16.2. The van der Waals surface area contributed by atoms with Gasteiger partial charge >= 0.3 is 0 Å². The number of ether oxygens (including phenoxy) is 1. The van der Waals surface area contributed by atoms with Crippen LogP contribution < -0.4 is 4.74 Å². The van der Waals surface area contributed by atoms with Crippen LogP contribution >= 0.6 is 0 Å². The first-order valence-corrected chi connectivity index (χ1v) is 10.5. The minimum Gasteiger partial charge on any atom is -0.496 e. The van der Waals surface area contributed by atoms with E-state index in [0.717, 1.165) is 23.9 Å². The molecule has 1 fully saturated rings. The van der Waals surface area contributed by atoms with Crippen molar-refractivity contribution in [1.82, 2.24) is 9.29 Å². The van der Waals surface area contributed by atoms with Gasteiger partial charge in [-0.25, -0.2) is 8.42 Å². The van der Waals surface area contributed by atoms with Gasteiger partial charge < -0.3 is 4.74 Å². The van der Waals surface area contributed by atoms with Gasteiger partial charge in [-0.2, -0.15) is 4.31 Å². The molecule has 3 aromatic rings. The molecular weight excluding hydrogens is 360 g/mol. The summed E-state index contributed by atoms with van der Waals surface area (Å²) in [6.07, 6.45) is 3.46. The molecule has 1 aromatic heterocycles. The van der Waals surface area contributed by atoms with E-state index in [1.165, 1.54) is 0 Å². The Hall–Kier alpha value is -2.44. The topological polar surface area (TPSA) is 59.5 Å². The molecule has 0 amide bonds. The molecule has 5 nitrogen and oxygen atoms in total. The van der Waals surface area contributed by atoms with E-state index in [2.05, 4.69) is 4.98 Å². The molecule has 1 unspecified atom stereocenters.